The smallest absolute Gasteiger partial charge is 0.244 e. The summed E-state index contributed by atoms with van der Waals surface area (Å²) in [5.74, 6) is 0.194. The van der Waals surface area contributed by atoms with Gasteiger partial charge in [0.05, 0.1) is 11.9 Å². The van der Waals surface area contributed by atoms with Crippen LogP contribution in [0.4, 0.5) is 5.69 Å². The zero-order valence-electron chi connectivity index (χ0n) is 22.2. The molecule has 37 heavy (non-hydrogen) atoms. The number of hydrogen-bond acceptors (Lipinski definition) is 6. The molecule has 1 atom stereocenters. The molecule has 1 aliphatic heterocycles. The maximum absolute atomic E-state index is 13.7. The van der Waals surface area contributed by atoms with E-state index in [-0.39, 0.29) is 18.1 Å². The number of rotatable bonds is 10. The first-order valence-electron chi connectivity index (χ1n) is 12.4. The van der Waals surface area contributed by atoms with E-state index < -0.39 is 34.1 Å². The summed E-state index contributed by atoms with van der Waals surface area (Å²) in [6, 6.07) is 13.7. The van der Waals surface area contributed by atoms with Crippen LogP contribution >= 0.6 is 0 Å². The Balaban J connectivity index is 1.91. The van der Waals surface area contributed by atoms with Crippen molar-refractivity contribution in [3.63, 3.8) is 0 Å². The third kappa shape index (κ3) is 7.85. The van der Waals surface area contributed by atoms with E-state index in [0.29, 0.717) is 37.6 Å². The van der Waals surface area contributed by atoms with Crippen LogP contribution in [-0.2, 0) is 26.0 Å². The average molecular weight is 532 g/mol. The van der Waals surface area contributed by atoms with Gasteiger partial charge in [-0.2, -0.15) is 0 Å². The van der Waals surface area contributed by atoms with Gasteiger partial charge in [-0.25, -0.2) is 8.42 Å². The summed E-state index contributed by atoms with van der Waals surface area (Å²) in [5, 5.41) is 2.96. The van der Waals surface area contributed by atoms with E-state index in [0.717, 1.165) is 16.1 Å². The van der Waals surface area contributed by atoms with Crippen LogP contribution in [0.1, 0.15) is 39.7 Å². The number of carbonyl (C=O) groups excluding carboxylic acids is 2. The zero-order chi connectivity index (χ0) is 27.2. The Morgan fingerprint density at radius 1 is 1.03 bits per heavy atom. The number of ether oxygens (including phenoxy) is 2. The number of benzene rings is 2. The van der Waals surface area contributed by atoms with Crippen molar-refractivity contribution in [3.8, 4) is 11.5 Å². The molecule has 0 spiro atoms. The molecule has 1 heterocycles. The first kappa shape index (κ1) is 28.3. The van der Waals surface area contributed by atoms with Gasteiger partial charge in [-0.1, -0.05) is 37.3 Å². The van der Waals surface area contributed by atoms with Crippen molar-refractivity contribution in [2.75, 3.05) is 36.9 Å². The van der Waals surface area contributed by atoms with Gasteiger partial charge in [0, 0.05) is 18.2 Å². The second kappa shape index (κ2) is 11.9. The van der Waals surface area contributed by atoms with Crippen LogP contribution in [0, 0.1) is 0 Å². The topological polar surface area (TPSA) is 105 Å². The fraction of sp³-hybridized carbons (Fsp3) is 0.481. The van der Waals surface area contributed by atoms with Crippen molar-refractivity contribution < 1.29 is 27.5 Å². The van der Waals surface area contributed by atoms with Crippen LogP contribution < -0.4 is 19.1 Å². The van der Waals surface area contributed by atoms with E-state index in [9.17, 15) is 18.0 Å². The number of hydrogen-bond donors (Lipinski definition) is 1. The van der Waals surface area contributed by atoms with Crippen LogP contribution in [0.25, 0.3) is 0 Å². The summed E-state index contributed by atoms with van der Waals surface area (Å²) in [6.45, 7) is 8.03. The van der Waals surface area contributed by atoms with Crippen molar-refractivity contribution in [1.82, 2.24) is 10.2 Å². The second-order valence-electron chi connectivity index (χ2n) is 10.1. The summed E-state index contributed by atoms with van der Waals surface area (Å²) >= 11 is 0. The van der Waals surface area contributed by atoms with E-state index in [1.807, 2.05) is 58.0 Å². The Labute approximate surface area is 219 Å². The minimum absolute atomic E-state index is 0.262. The lowest BCUT2D eigenvalue weighted by molar-refractivity contribution is -0.140. The van der Waals surface area contributed by atoms with Crippen LogP contribution in [0.3, 0.4) is 0 Å². The lowest BCUT2D eigenvalue weighted by Crippen LogP contribution is -2.56. The average Bonchev–Trinajstić information content (AvgIpc) is 2.83. The van der Waals surface area contributed by atoms with Crippen LogP contribution in [-0.4, -0.2) is 69.3 Å². The van der Waals surface area contributed by atoms with Gasteiger partial charge in [-0.05, 0) is 51.3 Å². The number of fused-ring (bicyclic) bond motifs is 1. The number of amides is 2. The predicted octanol–water partition coefficient (Wildman–Crippen LogP) is 2.99. The lowest BCUT2D eigenvalue weighted by atomic mass is 10.1. The number of nitrogens with zero attached hydrogens (tertiary/aromatic N) is 2. The maximum Gasteiger partial charge on any atom is 0.244 e. The molecular formula is C27H37N3O6S. The van der Waals surface area contributed by atoms with Gasteiger partial charge in [0.1, 0.15) is 25.8 Å². The molecule has 0 aromatic heterocycles. The Hall–Kier alpha value is -3.27. The highest BCUT2D eigenvalue weighted by Crippen LogP contribution is 2.34. The van der Waals surface area contributed by atoms with Crippen LogP contribution in [0.5, 0.6) is 11.5 Å². The highest BCUT2D eigenvalue weighted by atomic mass is 32.2. The first-order chi connectivity index (χ1) is 17.4. The van der Waals surface area contributed by atoms with Crippen molar-refractivity contribution in [1.29, 1.82) is 0 Å². The molecule has 3 rings (SSSR count). The molecule has 2 amide bonds. The summed E-state index contributed by atoms with van der Waals surface area (Å²) in [4.78, 5) is 28.4. The zero-order valence-corrected chi connectivity index (χ0v) is 23.0. The van der Waals surface area contributed by atoms with Crippen molar-refractivity contribution in [3.05, 3.63) is 54.1 Å². The first-order valence-corrected chi connectivity index (χ1v) is 14.3. The van der Waals surface area contributed by atoms with Crippen LogP contribution in [0.15, 0.2) is 48.5 Å². The summed E-state index contributed by atoms with van der Waals surface area (Å²) in [5.41, 5.74) is 0.816. The van der Waals surface area contributed by atoms with Gasteiger partial charge >= 0.3 is 0 Å². The molecule has 1 aliphatic rings. The van der Waals surface area contributed by atoms with E-state index in [1.54, 1.807) is 18.2 Å². The second-order valence-corrected chi connectivity index (χ2v) is 12.0. The Bertz CT molecular complexity index is 1190. The normalized spacial score (nSPS) is 14.0. The number of nitrogens with one attached hydrogen (secondary N) is 1. The van der Waals surface area contributed by atoms with Gasteiger partial charge < -0.3 is 19.7 Å². The lowest BCUT2D eigenvalue weighted by Gasteiger charge is -2.34. The number of anilines is 1. The van der Waals surface area contributed by atoms with Gasteiger partial charge in [-0.3, -0.25) is 13.9 Å². The van der Waals surface area contributed by atoms with E-state index in [1.165, 1.54) is 4.90 Å². The number of sulfonamides is 1. The van der Waals surface area contributed by atoms with Crippen molar-refractivity contribution in [2.45, 2.75) is 52.1 Å². The largest absolute Gasteiger partial charge is 0.486 e. The minimum atomic E-state index is -3.83. The molecule has 1 unspecified atom stereocenters. The molecule has 10 heteroatoms. The van der Waals surface area contributed by atoms with E-state index in [4.69, 9.17) is 9.47 Å². The summed E-state index contributed by atoms with van der Waals surface area (Å²) < 4.78 is 37.8. The summed E-state index contributed by atoms with van der Waals surface area (Å²) in [7, 11) is -3.83. The molecular weight excluding hydrogens is 494 g/mol. The monoisotopic (exact) mass is 531 g/mol. The van der Waals surface area contributed by atoms with Gasteiger partial charge in [0.25, 0.3) is 0 Å². The molecule has 0 saturated heterocycles. The molecule has 202 valence electrons. The SMILES string of the molecule is CCC(C(=O)NC(C)(C)C)N(CCc1ccccc1)C(=O)CN(c1ccc2c(c1)OCCO2)S(C)(=O)=O. The molecule has 0 fully saturated rings. The molecule has 2 aromatic rings. The standard InChI is InChI=1S/C27H37N3O6S/c1-6-22(26(32)28-27(2,3)4)29(15-14-20-10-8-7-9-11-20)25(31)19-30(37(5,33)34)21-12-13-23-24(18-21)36-17-16-35-23/h7-13,18,22H,6,14-17,19H2,1-5H3,(H,28,32). The molecule has 0 radical (unpaired) electrons. The molecule has 0 bridgehead atoms. The third-order valence-electron chi connectivity index (χ3n) is 5.86. The Morgan fingerprint density at radius 2 is 1.68 bits per heavy atom. The van der Waals surface area contributed by atoms with Gasteiger partial charge in [0.15, 0.2) is 11.5 Å². The van der Waals surface area contributed by atoms with Crippen LogP contribution in [0.2, 0.25) is 0 Å². The Morgan fingerprint density at radius 3 is 2.27 bits per heavy atom. The number of carbonyl (C=O) groups is 2. The van der Waals surface area contributed by atoms with Gasteiger partial charge in [-0.15, -0.1) is 0 Å². The molecule has 2 aromatic carbocycles. The molecule has 0 aliphatic carbocycles. The molecule has 9 nitrogen and oxygen atoms in total. The van der Waals surface area contributed by atoms with Crippen molar-refractivity contribution in [2.24, 2.45) is 0 Å². The minimum Gasteiger partial charge on any atom is -0.486 e. The highest BCUT2D eigenvalue weighted by molar-refractivity contribution is 7.92. The van der Waals surface area contributed by atoms with Crippen molar-refractivity contribution >= 4 is 27.5 Å². The highest BCUT2D eigenvalue weighted by Gasteiger charge is 2.33. The maximum atomic E-state index is 13.7. The summed E-state index contributed by atoms with van der Waals surface area (Å²) in [6.07, 6.45) is 1.95. The van der Waals surface area contributed by atoms with Gasteiger partial charge in [0.2, 0.25) is 21.8 Å². The van der Waals surface area contributed by atoms with E-state index >= 15 is 0 Å². The Kier molecular flexibility index (Phi) is 9.07. The molecule has 0 saturated carbocycles. The molecule has 1 N–H and O–H groups in total. The van der Waals surface area contributed by atoms with E-state index in [2.05, 4.69) is 5.32 Å². The fourth-order valence-corrected chi connectivity index (χ4v) is 4.99. The fourth-order valence-electron chi connectivity index (χ4n) is 4.15. The quantitative estimate of drug-likeness (QED) is 0.505. The third-order valence-corrected chi connectivity index (χ3v) is 7.00. The predicted molar refractivity (Wildman–Crippen MR) is 143 cm³/mol.